The summed E-state index contributed by atoms with van der Waals surface area (Å²) < 4.78 is 5.21. The molecule has 3 rings (SSSR count). The SMILES string of the molecule is COc1cccc(Cc2nnc(NC(=O)NCc3cccs3)s2)c1. The van der Waals surface area contributed by atoms with Gasteiger partial charge in [0.15, 0.2) is 0 Å². The average molecular weight is 360 g/mol. The molecule has 0 aliphatic rings. The lowest BCUT2D eigenvalue weighted by atomic mass is 10.1. The van der Waals surface area contributed by atoms with Crippen molar-refractivity contribution in [3.63, 3.8) is 0 Å². The minimum Gasteiger partial charge on any atom is -0.497 e. The van der Waals surface area contributed by atoms with Gasteiger partial charge in [-0.2, -0.15) is 0 Å². The molecule has 0 aliphatic heterocycles. The van der Waals surface area contributed by atoms with E-state index in [0.29, 0.717) is 18.1 Å². The van der Waals surface area contributed by atoms with Crippen LogP contribution in [0, 0.1) is 0 Å². The van der Waals surface area contributed by atoms with Crippen LogP contribution in [0.25, 0.3) is 0 Å². The molecule has 6 nitrogen and oxygen atoms in total. The molecule has 3 aromatic rings. The molecule has 8 heteroatoms. The summed E-state index contributed by atoms with van der Waals surface area (Å²) in [6.07, 6.45) is 0.646. The van der Waals surface area contributed by atoms with E-state index in [2.05, 4.69) is 20.8 Å². The topological polar surface area (TPSA) is 76.1 Å². The first kappa shape index (κ1) is 16.4. The third-order valence-corrected chi connectivity index (χ3v) is 4.90. The molecule has 2 heterocycles. The van der Waals surface area contributed by atoms with Gasteiger partial charge in [0.05, 0.1) is 13.7 Å². The molecule has 0 bridgehead atoms. The monoisotopic (exact) mass is 360 g/mol. The summed E-state index contributed by atoms with van der Waals surface area (Å²) in [7, 11) is 1.64. The van der Waals surface area contributed by atoms with Gasteiger partial charge in [0.1, 0.15) is 10.8 Å². The Hall–Kier alpha value is -2.45. The third kappa shape index (κ3) is 4.53. The molecule has 0 radical (unpaired) electrons. The number of methoxy groups -OCH3 is 1. The zero-order valence-electron chi connectivity index (χ0n) is 13.0. The van der Waals surface area contributed by atoms with Crippen molar-refractivity contribution in [3.05, 3.63) is 57.2 Å². The number of hydrogen-bond donors (Lipinski definition) is 2. The Labute approximate surface area is 147 Å². The Morgan fingerprint density at radius 1 is 1.25 bits per heavy atom. The number of anilines is 1. The first-order valence-corrected chi connectivity index (χ1v) is 8.95. The van der Waals surface area contributed by atoms with E-state index in [9.17, 15) is 4.79 Å². The normalized spacial score (nSPS) is 10.4. The number of thiophene rings is 1. The molecule has 2 aromatic heterocycles. The predicted octanol–water partition coefficient (Wildman–Crippen LogP) is 3.52. The molecule has 0 saturated carbocycles. The minimum atomic E-state index is -0.285. The number of amides is 2. The van der Waals surface area contributed by atoms with Gasteiger partial charge in [-0.3, -0.25) is 5.32 Å². The summed E-state index contributed by atoms with van der Waals surface area (Å²) in [4.78, 5) is 13.0. The van der Waals surface area contributed by atoms with E-state index in [-0.39, 0.29) is 6.03 Å². The Balaban J connectivity index is 1.53. The highest BCUT2D eigenvalue weighted by Gasteiger charge is 2.09. The molecule has 1 aromatic carbocycles. The number of carbonyl (C=O) groups is 1. The number of carbonyl (C=O) groups excluding carboxylic acids is 1. The lowest BCUT2D eigenvalue weighted by Crippen LogP contribution is -2.27. The van der Waals surface area contributed by atoms with Crippen molar-refractivity contribution in [1.29, 1.82) is 0 Å². The van der Waals surface area contributed by atoms with Gasteiger partial charge in [-0.1, -0.05) is 29.5 Å². The van der Waals surface area contributed by atoms with Gasteiger partial charge in [-0.25, -0.2) is 4.79 Å². The second-order valence-electron chi connectivity index (χ2n) is 4.92. The van der Waals surface area contributed by atoms with Crippen molar-refractivity contribution in [1.82, 2.24) is 15.5 Å². The number of nitrogens with zero attached hydrogens (tertiary/aromatic N) is 2. The van der Waals surface area contributed by atoms with Gasteiger partial charge in [0.25, 0.3) is 0 Å². The summed E-state index contributed by atoms with van der Waals surface area (Å²) in [5, 5.41) is 16.9. The standard InChI is InChI=1S/C16H16N4O2S2/c1-22-12-5-2-4-11(8-12)9-14-19-20-16(24-14)18-15(21)17-10-13-6-3-7-23-13/h2-8H,9-10H2,1H3,(H2,17,18,20,21). The van der Waals surface area contributed by atoms with Gasteiger partial charge in [0, 0.05) is 11.3 Å². The number of hydrogen-bond acceptors (Lipinski definition) is 6. The molecule has 24 heavy (non-hydrogen) atoms. The van der Waals surface area contributed by atoms with Gasteiger partial charge in [0.2, 0.25) is 5.13 Å². The quantitative estimate of drug-likeness (QED) is 0.705. The molecule has 0 spiro atoms. The van der Waals surface area contributed by atoms with E-state index in [1.54, 1.807) is 18.4 Å². The highest BCUT2D eigenvalue weighted by Crippen LogP contribution is 2.20. The van der Waals surface area contributed by atoms with E-state index < -0.39 is 0 Å². The Bertz CT molecular complexity index is 802. The molecule has 0 fully saturated rings. The average Bonchev–Trinajstić information content (AvgIpc) is 3.25. The number of urea groups is 1. The minimum absolute atomic E-state index is 0.285. The van der Waals surface area contributed by atoms with Crippen LogP contribution >= 0.6 is 22.7 Å². The van der Waals surface area contributed by atoms with Gasteiger partial charge >= 0.3 is 6.03 Å². The molecule has 0 aliphatic carbocycles. The van der Waals surface area contributed by atoms with Crippen LogP contribution in [0.1, 0.15) is 15.4 Å². The van der Waals surface area contributed by atoms with Gasteiger partial charge in [-0.15, -0.1) is 21.5 Å². The zero-order valence-corrected chi connectivity index (χ0v) is 14.6. The summed E-state index contributed by atoms with van der Waals surface area (Å²) in [5.74, 6) is 0.809. The van der Waals surface area contributed by atoms with Crippen molar-refractivity contribution >= 4 is 33.8 Å². The van der Waals surface area contributed by atoms with Crippen molar-refractivity contribution in [2.75, 3.05) is 12.4 Å². The predicted molar refractivity (Wildman–Crippen MR) is 95.9 cm³/mol. The number of ether oxygens (including phenoxy) is 1. The molecule has 2 N–H and O–H groups in total. The molecule has 0 atom stereocenters. The van der Waals surface area contributed by atoms with Gasteiger partial charge < -0.3 is 10.1 Å². The Kier molecular flexibility index (Phi) is 5.39. The largest absolute Gasteiger partial charge is 0.497 e. The van der Waals surface area contributed by atoms with E-state index in [4.69, 9.17) is 4.74 Å². The Morgan fingerprint density at radius 3 is 2.96 bits per heavy atom. The smallest absolute Gasteiger partial charge is 0.321 e. The van der Waals surface area contributed by atoms with Crippen LogP contribution in [0.3, 0.4) is 0 Å². The Morgan fingerprint density at radius 2 is 2.17 bits per heavy atom. The van der Waals surface area contributed by atoms with Crippen molar-refractivity contribution in [2.45, 2.75) is 13.0 Å². The highest BCUT2D eigenvalue weighted by molar-refractivity contribution is 7.15. The molecule has 0 unspecified atom stereocenters. The van der Waals surface area contributed by atoms with E-state index in [0.717, 1.165) is 21.2 Å². The number of rotatable bonds is 6. The summed E-state index contributed by atoms with van der Waals surface area (Å²) in [5.41, 5.74) is 1.08. The van der Waals surface area contributed by atoms with E-state index >= 15 is 0 Å². The second kappa shape index (κ2) is 7.89. The third-order valence-electron chi connectivity index (χ3n) is 3.18. The van der Waals surface area contributed by atoms with Crippen LogP contribution in [0.15, 0.2) is 41.8 Å². The van der Waals surface area contributed by atoms with Crippen molar-refractivity contribution < 1.29 is 9.53 Å². The highest BCUT2D eigenvalue weighted by atomic mass is 32.1. The maximum atomic E-state index is 11.9. The molecule has 124 valence electrons. The molecular weight excluding hydrogens is 344 g/mol. The number of nitrogens with one attached hydrogen (secondary N) is 2. The second-order valence-corrected chi connectivity index (χ2v) is 7.01. The fraction of sp³-hybridized carbons (Fsp3) is 0.188. The van der Waals surface area contributed by atoms with Crippen LogP contribution in [0.4, 0.5) is 9.93 Å². The van der Waals surface area contributed by atoms with E-state index in [1.807, 2.05) is 41.8 Å². The zero-order chi connectivity index (χ0) is 16.8. The maximum absolute atomic E-state index is 11.9. The fourth-order valence-electron chi connectivity index (χ4n) is 2.05. The van der Waals surface area contributed by atoms with Crippen LogP contribution in [-0.4, -0.2) is 23.3 Å². The summed E-state index contributed by atoms with van der Waals surface area (Å²) in [6.45, 7) is 0.499. The lowest BCUT2D eigenvalue weighted by molar-refractivity contribution is 0.252. The van der Waals surface area contributed by atoms with Crippen molar-refractivity contribution in [3.8, 4) is 5.75 Å². The van der Waals surface area contributed by atoms with Crippen LogP contribution < -0.4 is 15.4 Å². The summed E-state index contributed by atoms with van der Waals surface area (Å²) in [6, 6.07) is 11.4. The van der Waals surface area contributed by atoms with Crippen LogP contribution in [0.5, 0.6) is 5.75 Å². The fourth-order valence-corrected chi connectivity index (χ4v) is 3.47. The van der Waals surface area contributed by atoms with E-state index in [1.165, 1.54) is 11.3 Å². The molecular formula is C16H16N4O2S2. The number of aromatic nitrogens is 2. The first-order chi connectivity index (χ1) is 11.7. The van der Waals surface area contributed by atoms with Gasteiger partial charge in [-0.05, 0) is 29.1 Å². The first-order valence-electron chi connectivity index (χ1n) is 7.25. The lowest BCUT2D eigenvalue weighted by Gasteiger charge is -2.03. The summed E-state index contributed by atoms with van der Waals surface area (Å²) >= 11 is 2.96. The van der Waals surface area contributed by atoms with Crippen LogP contribution in [-0.2, 0) is 13.0 Å². The maximum Gasteiger partial charge on any atom is 0.321 e. The van der Waals surface area contributed by atoms with Crippen LogP contribution in [0.2, 0.25) is 0 Å². The molecule has 2 amide bonds. The molecule has 0 saturated heterocycles. The number of benzene rings is 1. The van der Waals surface area contributed by atoms with Crippen molar-refractivity contribution in [2.24, 2.45) is 0 Å².